The van der Waals surface area contributed by atoms with Crippen LogP contribution in [0.15, 0.2) is 18.2 Å². The van der Waals surface area contributed by atoms with Crippen molar-refractivity contribution >= 4 is 35.0 Å². The summed E-state index contributed by atoms with van der Waals surface area (Å²) in [5.74, 6) is 1.23. The summed E-state index contributed by atoms with van der Waals surface area (Å²) in [6.45, 7) is 3.14. The molecule has 0 saturated heterocycles. The monoisotopic (exact) mass is 291 g/mol. The molecule has 0 aliphatic rings. The molecule has 1 nitrogen and oxygen atoms in total. The molecule has 0 bridgehead atoms. The van der Waals surface area contributed by atoms with Gasteiger partial charge in [-0.2, -0.15) is 11.8 Å². The van der Waals surface area contributed by atoms with Gasteiger partial charge in [0.05, 0.1) is 0 Å². The molecule has 0 amide bonds. The van der Waals surface area contributed by atoms with Crippen LogP contribution in [0.5, 0.6) is 0 Å². The minimum absolute atomic E-state index is 0.246. The summed E-state index contributed by atoms with van der Waals surface area (Å²) in [6, 6.07) is 5.85. The van der Waals surface area contributed by atoms with Crippen molar-refractivity contribution in [3.63, 3.8) is 0 Å². The number of rotatable bonds is 7. The van der Waals surface area contributed by atoms with E-state index >= 15 is 0 Å². The Balaban J connectivity index is 2.41. The van der Waals surface area contributed by atoms with Crippen LogP contribution in [0.2, 0.25) is 10.0 Å². The van der Waals surface area contributed by atoms with Crippen molar-refractivity contribution in [1.29, 1.82) is 0 Å². The van der Waals surface area contributed by atoms with Crippen LogP contribution in [-0.2, 0) is 0 Å². The zero-order chi connectivity index (χ0) is 12.7. The fraction of sp³-hybridized carbons (Fsp3) is 0.538. The van der Waals surface area contributed by atoms with Crippen LogP contribution in [-0.4, -0.2) is 18.6 Å². The highest BCUT2D eigenvalue weighted by Crippen LogP contribution is 2.26. The zero-order valence-corrected chi connectivity index (χ0v) is 12.6. The van der Waals surface area contributed by atoms with E-state index in [1.807, 2.05) is 30.0 Å². The van der Waals surface area contributed by atoms with E-state index in [1.165, 1.54) is 18.6 Å². The molecule has 1 aromatic carbocycles. The highest BCUT2D eigenvalue weighted by molar-refractivity contribution is 7.98. The quantitative estimate of drug-likeness (QED) is 0.725. The highest BCUT2D eigenvalue weighted by Gasteiger charge is 2.09. The second-order valence-electron chi connectivity index (χ2n) is 4.04. The third kappa shape index (κ3) is 5.52. The number of hydrogen-bond donors (Lipinski definition) is 1. The summed E-state index contributed by atoms with van der Waals surface area (Å²) in [5.41, 5.74) is 1.07. The number of thioether (sulfide) groups is 1. The van der Waals surface area contributed by atoms with E-state index in [9.17, 15) is 0 Å². The van der Waals surface area contributed by atoms with Gasteiger partial charge in [-0.1, -0.05) is 23.2 Å². The van der Waals surface area contributed by atoms with Crippen molar-refractivity contribution in [3.8, 4) is 0 Å². The SMILES string of the molecule is CSCCCCNC(C)c1cc(Cl)ccc1Cl. The Hall–Kier alpha value is 0.110. The first-order valence-electron chi connectivity index (χ1n) is 5.82. The van der Waals surface area contributed by atoms with Crippen LogP contribution in [0.25, 0.3) is 0 Å². The number of halogens is 2. The van der Waals surface area contributed by atoms with E-state index < -0.39 is 0 Å². The number of hydrogen-bond acceptors (Lipinski definition) is 2. The lowest BCUT2D eigenvalue weighted by atomic mass is 10.1. The van der Waals surface area contributed by atoms with E-state index in [0.29, 0.717) is 0 Å². The normalized spacial score (nSPS) is 12.7. The molecule has 17 heavy (non-hydrogen) atoms. The molecular weight excluding hydrogens is 273 g/mol. The molecule has 1 unspecified atom stereocenters. The summed E-state index contributed by atoms with van der Waals surface area (Å²) < 4.78 is 0. The largest absolute Gasteiger partial charge is 0.310 e. The lowest BCUT2D eigenvalue weighted by molar-refractivity contribution is 0.556. The second kappa shape index (κ2) is 8.25. The van der Waals surface area contributed by atoms with Gasteiger partial charge in [0.15, 0.2) is 0 Å². The summed E-state index contributed by atoms with van der Waals surface area (Å²) in [5, 5.41) is 4.99. The smallest absolute Gasteiger partial charge is 0.0454 e. The van der Waals surface area contributed by atoms with E-state index in [2.05, 4.69) is 18.5 Å². The molecule has 1 aromatic rings. The summed E-state index contributed by atoms with van der Waals surface area (Å²) in [4.78, 5) is 0. The van der Waals surface area contributed by atoms with Gasteiger partial charge in [0.25, 0.3) is 0 Å². The molecule has 4 heteroatoms. The van der Waals surface area contributed by atoms with Crippen LogP contribution in [0.1, 0.15) is 31.4 Å². The molecule has 1 atom stereocenters. The maximum atomic E-state index is 6.15. The number of nitrogens with one attached hydrogen (secondary N) is 1. The average Bonchev–Trinajstić information content (AvgIpc) is 2.32. The minimum atomic E-state index is 0.246. The molecule has 0 fully saturated rings. The van der Waals surface area contributed by atoms with Gasteiger partial charge in [-0.3, -0.25) is 0 Å². The maximum Gasteiger partial charge on any atom is 0.0454 e. The first kappa shape index (κ1) is 15.2. The minimum Gasteiger partial charge on any atom is -0.310 e. The Morgan fingerprint density at radius 1 is 1.29 bits per heavy atom. The highest BCUT2D eigenvalue weighted by atomic mass is 35.5. The van der Waals surface area contributed by atoms with E-state index in [1.54, 1.807) is 0 Å². The summed E-state index contributed by atoms with van der Waals surface area (Å²) >= 11 is 14.0. The predicted molar refractivity (Wildman–Crippen MR) is 80.5 cm³/mol. The van der Waals surface area contributed by atoms with Crippen LogP contribution in [0.4, 0.5) is 0 Å². The van der Waals surface area contributed by atoms with Crippen molar-refractivity contribution in [2.45, 2.75) is 25.8 Å². The van der Waals surface area contributed by atoms with Gasteiger partial charge in [-0.25, -0.2) is 0 Å². The predicted octanol–water partition coefficient (Wildman–Crippen LogP) is 4.79. The summed E-state index contributed by atoms with van der Waals surface area (Å²) in [6.07, 6.45) is 4.59. The third-order valence-electron chi connectivity index (χ3n) is 2.65. The van der Waals surface area contributed by atoms with Crippen LogP contribution in [0.3, 0.4) is 0 Å². The third-order valence-corrected chi connectivity index (χ3v) is 3.93. The van der Waals surface area contributed by atoms with Gasteiger partial charge in [-0.05, 0) is 62.1 Å². The van der Waals surface area contributed by atoms with Crippen LogP contribution < -0.4 is 5.32 Å². The van der Waals surface area contributed by atoms with Gasteiger partial charge in [0, 0.05) is 16.1 Å². The molecule has 1 rings (SSSR count). The van der Waals surface area contributed by atoms with Crippen molar-refractivity contribution < 1.29 is 0 Å². The van der Waals surface area contributed by atoms with E-state index in [0.717, 1.165) is 22.2 Å². The first-order chi connectivity index (χ1) is 8.15. The first-order valence-corrected chi connectivity index (χ1v) is 7.97. The standard InChI is InChI=1S/C13H19Cl2NS/c1-10(16-7-3-4-8-17-2)12-9-11(14)5-6-13(12)15/h5-6,9-10,16H,3-4,7-8H2,1-2H3. The van der Waals surface area contributed by atoms with E-state index in [-0.39, 0.29) is 6.04 Å². The van der Waals surface area contributed by atoms with Gasteiger partial charge in [-0.15, -0.1) is 0 Å². The zero-order valence-electron chi connectivity index (χ0n) is 10.3. The Kier molecular flexibility index (Phi) is 7.36. The van der Waals surface area contributed by atoms with Crippen molar-refractivity contribution in [2.75, 3.05) is 18.6 Å². The van der Waals surface area contributed by atoms with Gasteiger partial charge >= 0.3 is 0 Å². The van der Waals surface area contributed by atoms with E-state index in [4.69, 9.17) is 23.2 Å². The van der Waals surface area contributed by atoms with Crippen molar-refractivity contribution in [1.82, 2.24) is 5.32 Å². The number of unbranched alkanes of at least 4 members (excludes halogenated alkanes) is 1. The molecule has 1 N–H and O–H groups in total. The van der Waals surface area contributed by atoms with Gasteiger partial charge in [0.1, 0.15) is 0 Å². The molecule has 0 aromatic heterocycles. The molecule has 0 spiro atoms. The van der Waals surface area contributed by atoms with Crippen LogP contribution >= 0.6 is 35.0 Å². The molecule has 0 aliphatic carbocycles. The Morgan fingerprint density at radius 3 is 2.76 bits per heavy atom. The lowest BCUT2D eigenvalue weighted by Crippen LogP contribution is -2.20. The van der Waals surface area contributed by atoms with Crippen LogP contribution in [0, 0.1) is 0 Å². The molecular formula is C13H19Cl2NS. The van der Waals surface area contributed by atoms with Gasteiger partial charge in [0.2, 0.25) is 0 Å². The molecule has 0 aliphatic heterocycles. The fourth-order valence-electron chi connectivity index (χ4n) is 1.65. The molecule has 0 heterocycles. The van der Waals surface area contributed by atoms with Gasteiger partial charge < -0.3 is 5.32 Å². The topological polar surface area (TPSA) is 12.0 Å². The Labute approximate surface area is 118 Å². The number of benzene rings is 1. The lowest BCUT2D eigenvalue weighted by Gasteiger charge is -2.16. The second-order valence-corrected chi connectivity index (χ2v) is 5.87. The Bertz CT molecular complexity index is 344. The maximum absolute atomic E-state index is 6.15. The average molecular weight is 292 g/mol. The molecule has 0 saturated carbocycles. The molecule has 0 radical (unpaired) electrons. The fourth-order valence-corrected chi connectivity index (χ4v) is 2.60. The summed E-state index contributed by atoms with van der Waals surface area (Å²) in [7, 11) is 0. The Morgan fingerprint density at radius 2 is 2.06 bits per heavy atom. The van der Waals surface area contributed by atoms with Crippen molar-refractivity contribution in [3.05, 3.63) is 33.8 Å². The van der Waals surface area contributed by atoms with Crippen molar-refractivity contribution in [2.24, 2.45) is 0 Å². The molecule has 96 valence electrons.